The second-order valence-electron chi connectivity index (χ2n) is 2.61. The molecule has 0 N–H and O–H groups in total. The molecular formula is C7H5Br2N3OS. The van der Waals surface area contributed by atoms with Crippen molar-refractivity contribution in [2.45, 2.75) is 5.16 Å². The van der Waals surface area contributed by atoms with Crippen molar-refractivity contribution in [1.29, 1.82) is 0 Å². The summed E-state index contributed by atoms with van der Waals surface area (Å²) < 4.78 is 14.5. The fourth-order valence-corrected chi connectivity index (χ4v) is 2.72. The third kappa shape index (κ3) is 1.69. The SMILES string of the molecule is C[S+]([O-])c1ncc2c(Br)cc(Br)n2n1. The maximum atomic E-state index is 11.2. The lowest BCUT2D eigenvalue weighted by Crippen LogP contribution is -2.07. The van der Waals surface area contributed by atoms with Crippen LogP contribution < -0.4 is 0 Å². The first-order valence-electron chi connectivity index (χ1n) is 3.63. The molecule has 74 valence electrons. The number of hydrogen-bond acceptors (Lipinski definition) is 3. The first-order chi connectivity index (χ1) is 6.59. The van der Waals surface area contributed by atoms with Crippen LogP contribution in [0.3, 0.4) is 0 Å². The van der Waals surface area contributed by atoms with Crippen molar-refractivity contribution in [3.05, 3.63) is 21.3 Å². The lowest BCUT2D eigenvalue weighted by Gasteiger charge is -2.02. The van der Waals surface area contributed by atoms with Crippen LogP contribution >= 0.6 is 31.9 Å². The van der Waals surface area contributed by atoms with Crippen LogP contribution in [0.4, 0.5) is 0 Å². The number of rotatable bonds is 1. The van der Waals surface area contributed by atoms with E-state index in [2.05, 4.69) is 41.9 Å². The smallest absolute Gasteiger partial charge is 0.359 e. The quantitative estimate of drug-likeness (QED) is 0.747. The molecule has 0 aliphatic carbocycles. The predicted molar refractivity (Wildman–Crippen MR) is 60.7 cm³/mol. The zero-order valence-corrected chi connectivity index (χ0v) is 11.1. The lowest BCUT2D eigenvalue weighted by molar-refractivity contribution is 0.586. The van der Waals surface area contributed by atoms with E-state index in [1.165, 1.54) is 0 Å². The molecule has 0 aromatic carbocycles. The summed E-state index contributed by atoms with van der Waals surface area (Å²) in [6.45, 7) is 0. The Morgan fingerprint density at radius 3 is 2.86 bits per heavy atom. The monoisotopic (exact) mass is 337 g/mol. The molecule has 0 spiro atoms. The second-order valence-corrected chi connectivity index (χ2v) is 5.55. The zero-order chi connectivity index (χ0) is 10.3. The number of fused-ring (bicyclic) bond motifs is 1. The molecule has 2 rings (SSSR count). The summed E-state index contributed by atoms with van der Waals surface area (Å²) in [5.41, 5.74) is 0.839. The van der Waals surface area contributed by atoms with Crippen molar-refractivity contribution in [2.24, 2.45) is 0 Å². The Hall–Kier alpha value is -0.110. The number of nitrogens with zero attached hydrogens (tertiary/aromatic N) is 3. The minimum absolute atomic E-state index is 0.321. The summed E-state index contributed by atoms with van der Waals surface area (Å²) in [7, 11) is 0. The van der Waals surface area contributed by atoms with Crippen LogP contribution in [0.25, 0.3) is 5.52 Å². The van der Waals surface area contributed by atoms with Crippen LogP contribution in [-0.4, -0.2) is 25.4 Å². The summed E-state index contributed by atoms with van der Waals surface area (Å²) in [6, 6.07) is 1.87. The summed E-state index contributed by atoms with van der Waals surface area (Å²) in [5, 5.41) is 4.44. The second kappa shape index (κ2) is 3.80. The predicted octanol–water partition coefficient (Wildman–Crippen LogP) is 1.99. The van der Waals surface area contributed by atoms with Gasteiger partial charge >= 0.3 is 5.16 Å². The Kier molecular flexibility index (Phi) is 2.83. The van der Waals surface area contributed by atoms with Gasteiger partial charge < -0.3 is 4.55 Å². The molecule has 7 heteroatoms. The zero-order valence-electron chi connectivity index (χ0n) is 7.07. The van der Waals surface area contributed by atoms with E-state index in [1.807, 2.05) is 6.07 Å². The minimum atomic E-state index is -1.16. The molecule has 4 nitrogen and oxygen atoms in total. The molecule has 0 saturated heterocycles. The normalized spacial score (nSPS) is 13.4. The van der Waals surface area contributed by atoms with E-state index in [-0.39, 0.29) is 0 Å². The van der Waals surface area contributed by atoms with Gasteiger partial charge in [0, 0.05) is 15.6 Å². The van der Waals surface area contributed by atoms with Crippen molar-refractivity contribution in [3.63, 3.8) is 0 Å². The van der Waals surface area contributed by atoms with Gasteiger partial charge in [0.2, 0.25) is 0 Å². The van der Waals surface area contributed by atoms with E-state index in [1.54, 1.807) is 17.0 Å². The molecular weight excluding hydrogens is 334 g/mol. The highest BCUT2D eigenvalue weighted by Gasteiger charge is 2.12. The Bertz CT molecular complexity index is 485. The Labute approximate surface area is 100 Å². The van der Waals surface area contributed by atoms with Gasteiger partial charge in [-0.25, -0.2) is 4.52 Å². The third-order valence-electron chi connectivity index (χ3n) is 1.66. The maximum Gasteiger partial charge on any atom is 0.359 e. The summed E-state index contributed by atoms with van der Waals surface area (Å²) in [4.78, 5) is 4.00. The Morgan fingerprint density at radius 1 is 1.50 bits per heavy atom. The number of halogens is 2. The molecule has 0 radical (unpaired) electrons. The molecule has 1 unspecified atom stereocenters. The minimum Gasteiger partial charge on any atom is -0.609 e. The maximum absolute atomic E-state index is 11.2. The largest absolute Gasteiger partial charge is 0.609 e. The Balaban J connectivity index is 2.71. The molecule has 0 saturated carbocycles. The fraction of sp³-hybridized carbons (Fsp3) is 0.143. The molecule has 14 heavy (non-hydrogen) atoms. The molecule has 0 aliphatic heterocycles. The van der Waals surface area contributed by atoms with Crippen LogP contribution in [0.5, 0.6) is 0 Å². The third-order valence-corrected chi connectivity index (χ3v) is 3.56. The van der Waals surface area contributed by atoms with E-state index in [0.29, 0.717) is 5.16 Å². The van der Waals surface area contributed by atoms with Crippen LogP contribution in [0.15, 0.2) is 26.5 Å². The molecule has 2 aromatic heterocycles. The van der Waals surface area contributed by atoms with Gasteiger partial charge in [0.15, 0.2) is 0 Å². The standard InChI is InChI=1S/C7H5Br2N3OS/c1-14(13)7-10-3-5-4(8)2-6(9)12(5)11-7/h2-3H,1H3. The Morgan fingerprint density at radius 2 is 2.21 bits per heavy atom. The molecule has 0 bridgehead atoms. The van der Waals surface area contributed by atoms with E-state index < -0.39 is 11.2 Å². The summed E-state index contributed by atoms with van der Waals surface area (Å²) >= 11 is 5.55. The average Bonchev–Trinajstić information content (AvgIpc) is 2.42. The highest BCUT2D eigenvalue weighted by Crippen LogP contribution is 2.24. The van der Waals surface area contributed by atoms with Gasteiger partial charge in [0.05, 0.1) is 11.7 Å². The van der Waals surface area contributed by atoms with Gasteiger partial charge in [-0.2, -0.15) is 4.98 Å². The van der Waals surface area contributed by atoms with Gasteiger partial charge in [-0.1, -0.05) is 5.10 Å². The highest BCUT2D eigenvalue weighted by molar-refractivity contribution is 9.11. The summed E-state index contributed by atoms with van der Waals surface area (Å²) in [5.74, 6) is 0. The number of aromatic nitrogens is 3. The van der Waals surface area contributed by atoms with Gasteiger partial charge in [0.25, 0.3) is 0 Å². The lowest BCUT2D eigenvalue weighted by atomic mass is 10.5. The topological polar surface area (TPSA) is 53.2 Å². The molecule has 0 amide bonds. The summed E-state index contributed by atoms with van der Waals surface area (Å²) in [6.07, 6.45) is 3.19. The first kappa shape index (κ1) is 10.4. The van der Waals surface area contributed by atoms with Crippen molar-refractivity contribution in [2.75, 3.05) is 6.26 Å². The molecule has 1 atom stereocenters. The average molecular weight is 339 g/mol. The van der Waals surface area contributed by atoms with E-state index in [4.69, 9.17) is 0 Å². The van der Waals surface area contributed by atoms with Crippen LogP contribution in [-0.2, 0) is 11.2 Å². The molecule has 0 aliphatic rings. The van der Waals surface area contributed by atoms with Crippen LogP contribution in [0.1, 0.15) is 0 Å². The van der Waals surface area contributed by atoms with Crippen LogP contribution in [0, 0.1) is 0 Å². The van der Waals surface area contributed by atoms with E-state index in [9.17, 15) is 4.55 Å². The van der Waals surface area contributed by atoms with E-state index >= 15 is 0 Å². The van der Waals surface area contributed by atoms with Crippen LogP contribution in [0.2, 0.25) is 0 Å². The number of hydrogen-bond donors (Lipinski definition) is 0. The van der Waals surface area contributed by atoms with Gasteiger partial charge in [-0.3, -0.25) is 0 Å². The fourth-order valence-electron chi connectivity index (χ4n) is 1.03. The first-order valence-corrected chi connectivity index (χ1v) is 6.77. The molecule has 0 fully saturated rings. The van der Waals surface area contributed by atoms with Crippen molar-refractivity contribution < 1.29 is 4.55 Å². The molecule has 2 heterocycles. The van der Waals surface area contributed by atoms with Crippen molar-refractivity contribution in [1.82, 2.24) is 14.6 Å². The van der Waals surface area contributed by atoms with Gasteiger partial charge in [-0.15, -0.1) is 0 Å². The van der Waals surface area contributed by atoms with Crippen molar-refractivity contribution in [3.8, 4) is 0 Å². The van der Waals surface area contributed by atoms with Gasteiger partial charge in [0.1, 0.15) is 10.9 Å². The van der Waals surface area contributed by atoms with Gasteiger partial charge in [-0.05, 0) is 37.9 Å². The highest BCUT2D eigenvalue weighted by atomic mass is 79.9. The van der Waals surface area contributed by atoms with E-state index in [0.717, 1.165) is 14.6 Å². The van der Waals surface area contributed by atoms with Crippen molar-refractivity contribution >= 4 is 48.6 Å². The molecule has 2 aromatic rings.